The van der Waals surface area contributed by atoms with Gasteiger partial charge in [-0.15, -0.1) is 11.6 Å². The van der Waals surface area contributed by atoms with E-state index in [-0.39, 0.29) is 5.38 Å². The minimum absolute atomic E-state index is 0.01000. The average molecular weight is 308 g/mol. The third-order valence-corrected chi connectivity index (χ3v) is 3.99. The van der Waals surface area contributed by atoms with Gasteiger partial charge in [0.2, 0.25) is 0 Å². The first-order chi connectivity index (χ1) is 9.38. The van der Waals surface area contributed by atoms with E-state index in [4.69, 9.17) is 11.6 Å². The Morgan fingerprint density at radius 1 is 1.20 bits per heavy atom. The lowest BCUT2D eigenvalue weighted by Crippen LogP contribution is -2.28. The lowest BCUT2D eigenvalue weighted by Gasteiger charge is -2.19. The van der Waals surface area contributed by atoms with Crippen molar-refractivity contribution >= 4 is 11.6 Å². The zero-order valence-electron chi connectivity index (χ0n) is 11.8. The first-order valence-electron chi connectivity index (χ1n) is 6.89. The van der Waals surface area contributed by atoms with Crippen LogP contribution in [0, 0.1) is 5.92 Å². The Labute approximate surface area is 123 Å². The summed E-state index contributed by atoms with van der Waals surface area (Å²) in [5.74, 6) is 0.436. The van der Waals surface area contributed by atoms with Crippen LogP contribution in [0.1, 0.15) is 37.8 Å². The van der Waals surface area contributed by atoms with Gasteiger partial charge in [-0.05, 0) is 17.5 Å². The normalized spacial score (nSPS) is 13.8. The number of nitrogens with one attached hydrogen (secondary N) is 1. The van der Waals surface area contributed by atoms with Gasteiger partial charge < -0.3 is 5.32 Å². The second-order valence-electron chi connectivity index (χ2n) is 4.92. The molecule has 0 aromatic heterocycles. The smallest absolute Gasteiger partial charge is 0.311 e. The summed E-state index contributed by atoms with van der Waals surface area (Å²) < 4.78 is 37.7. The van der Waals surface area contributed by atoms with Crippen LogP contribution in [0.15, 0.2) is 24.3 Å². The molecule has 1 aromatic carbocycles. The molecular formula is C15H21ClF3N. The summed E-state index contributed by atoms with van der Waals surface area (Å²) >= 11 is 6.27. The summed E-state index contributed by atoms with van der Waals surface area (Å²) in [6, 6.07) is 5.37. The third kappa shape index (κ3) is 5.33. The van der Waals surface area contributed by atoms with Crippen molar-refractivity contribution in [1.82, 2.24) is 5.32 Å². The largest absolute Gasteiger partial charge is 0.416 e. The highest BCUT2D eigenvalue weighted by Gasteiger charge is 2.30. The summed E-state index contributed by atoms with van der Waals surface area (Å²) in [5, 5.41) is 3.14. The Morgan fingerprint density at radius 3 is 2.40 bits per heavy atom. The van der Waals surface area contributed by atoms with Crippen LogP contribution in [0.25, 0.3) is 0 Å². The molecule has 0 heterocycles. The molecule has 114 valence electrons. The Morgan fingerprint density at radius 2 is 1.85 bits per heavy atom. The van der Waals surface area contributed by atoms with E-state index in [1.807, 2.05) is 0 Å². The van der Waals surface area contributed by atoms with E-state index in [0.29, 0.717) is 24.6 Å². The monoisotopic (exact) mass is 307 g/mol. The highest BCUT2D eigenvalue weighted by atomic mass is 35.5. The number of hydrogen-bond donors (Lipinski definition) is 1. The van der Waals surface area contributed by atoms with Crippen molar-refractivity contribution in [2.24, 2.45) is 5.92 Å². The number of benzene rings is 1. The standard InChI is InChI=1S/C15H21ClF3N/c1-3-12(4-2)14(16)10-20-9-11-6-5-7-13(8-11)15(17,18)19/h5-8,12,14,20H,3-4,9-10H2,1-2H3. The lowest BCUT2D eigenvalue weighted by molar-refractivity contribution is -0.137. The zero-order chi connectivity index (χ0) is 15.2. The third-order valence-electron chi connectivity index (χ3n) is 3.48. The Kier molecular flexibility index (Phi) is 6.83. The Bertz CT molecular complexity index is 402. The van der Waals surface area contributed by atoms with Crippen LogP contribution >= 0.6 is 11.6 Å². The van der Waals surface area contributed by atoms with Crippen molar-refractivity contribution in [3.63, 3.8) is 0 Å². The molecule has 1 nitrogen and oxygen atoms in total. The molecule has 0 aliphatic rings. The van der Waals surface area contributed by atoms with Gasteiger partial charge in [0.05, 0.1) is 5.56 Å². The maximum Gasteiger partial charge on any atom is 0.416 e. The minimum Gasteiger partial charge on any atom is -0.311 e. The summed E-state index contributed by atoms with van der Waals surface area (Å²) in [7, 11) is 0. The van der Waals surface area contributed by atoms with E-state index in [2.05, 4.69) is 19.2 Å². The van der Waals surface area contributed by atoms with Crippen LogP contribution in [-0.2, 0) is 12.7 Å². The highest BCUT2D eigenvalue weighted by molar-refractivity contribution is 6.21. The SMILES string of the molecule is CCC(CC)C(Cl)CNCc1cccc(C(F)(F)F)c1. The topological polar surface area (TPSA) is 12.0 Å². The molecule has 0 radical (unpaired) electrons. The number of rotatable bonds is 7. The van der Waals surface area contributed by atoms with Crippen molar-refractivity contribution in [1.29, 1.82) is 0 Å². The van der Waals surface area contributed by atoms with Crippen LogP contribution in [0.5, 0.6) is 0 Å². The van der Waals surface area contributed by atoms with E-state index in [1.54, 1.807) is 6.07 Å². The molecule has 0 bridgehead atoms. The molecular weight excluding hydrogens is 287 g/mol. The second-order valence-corrected chi connectivity index (χ2v) is 5.48. The van der Waals surface area contributed by atoms with E-state index >= 15 is 0 Å². The highest BCUT2D eigenvalue weighted by Crippen LogP contribution is 2.29. The molecule has 0 saturated heterocycles. The molecule has 1 unspecified atom stereocenters. The van der Waals surface area contributed by atoms with Gasteiger partial charge in [-0.1, -0.05) is 44.9 Å². The molecule has 0 aliphatic carbocycles. The Hall–Kier alpha value is -0.740. The maximum absolute atomic E-state index is 12.6. The number of hydrogen-bond acceptors (Lipinski definition) is 1. The van der Waals surface area contributed by atoms with Gasteiger partial charge in [-0.2, -0.15) is 13.2 Å². The molecule has 0 fully saturated rings. The van der Waals surface area contributed by atoms with Crippen molar-refractivity contribution in [3.05, 3.63) is 35.4 Å². The second kappa shape index (κ2) is 7.89. The van der Waals surface area contributed by atoms with Crippen LogP contribution in [0.4, 0.5) is 13.2 Å². The summed E-state index contributed by atoms with van der Waals surface area (Å²) in [5.41, 5.74) is 0.00690. The molecule has 0 amide bonds. The van der Waals surface area contributed by atoms with Crippen molar-refractivity contribution in [2.75, 3.05) is 6.54 Å². The van der Waals surface area contributed by atoms with Gasteiger partial charge in [0.15, 0.2) is 0 Å². The molecule has 1 atom stereocenters. The first kappa shape index (κ1) is 17.3. The summed E-state index contributed by atoms with van der Waals surface area (Å²) in [6.45, 7) is 5.18. The predicted octanol–water partition coefficient (Wildman–Crippen LogP) is 4.84. The van der Waals surface area contributed by atoms with E-state index < -0.39 is 11.7 Å². The van der Waals surface area contributed by atoms with Gasteiger partial charge in [0.1, 0.15) is 0 Å². The lowest BCUT2D eigenvalue weighted by atomic mass is 9.99. The molecule has 1 aromatic rings. The molecule has 1 rings (SSSR count). The van der Waals surface area contributed by atoms with Gasteiger partial charge in [0, 0.05) is 18.5 Å². The van der Waals surface area contributed by atoms with Gasteiger partial charge in [-0.3, -0.25) is 0 Å². The zero-order valence-corrected chi connectivity index (χ0v) is 12.6. The summed E-state index contributed by atoms with van der Waals surface area (Å²) in [4.78, 5) is 0. The first-order valence-corrected chi connectivity index (χ1v) is 7.33. The summed E-state index contributed by atoms with van der Waals surface area (Å²) in [6.07, 6.45) is -2.27. The van der Waals surface area contributed by atoms with E-state index in [1.165, 1.54) is 12.1 Å². The van der Waals surface area contributed by atoms with Crippen LogP contribution in [-0.4, -0.2) is 11.9 Å². The van der Waals surface area contributed by atoms with Gasteiger partial charge >= 0.3 is 6.18 Å². The molecule has 0 saturated carbocycles. The molecule has 0 spiro atoms. The molecule has 0 aliphatic heterocycles. The Balaban J connectivity index is 2.50. The average Bonchev–Trinajstić information content (AvgIpc) is 2.39. The fourth-order valence-corrected chi connectivity index (χ4v) is 2.64. The van der Waals surface area contributed by atoms with Crippen molar-refractivity contribution in [2.45, 2.75) is 44.8 Å². The van der Waals surface area contributed by atoms with Gasteiger partial charge in [0.25, 0.3) is 0 Å². The molecule has 20 heavy (non-hydrogen) atoms. The minimum atomic E-state index is -4.29. The number of alkyl halides is 4. The number of halogens is 4. The molecule has 5 heteroatoms. The van der Waals surface area contributed by atoms with Gasteiger partial charge in [-0.25, -0.2) is 0 Å². The fraction of sp³-hybridized carbons (Fsp3) is 0.600. The van der Waals surface area contributed by atoms with Crippen LogP contribution in [0.3, 0.4) is 0 Å². The van der Waals surface area contributed by atoms with E-state index in [9.17, 15) is 13.2 Å². The molecule has 1 N–H and O–H groups in total. The van der Waals surface area contributed by atoms with E-state index in [0.717, 1.165) is 18.9 Å². The predicted molar refractivity (Wildman–Crippen MR) is 76.9 cm³/mol. The van der Waals surface area contributed by atoms with Crippen LogP contribution in [0.2, 0.25) is 0 Å². The van der Waals surface area contributed by atoms with Crippen molar-refractivity contribution < 1.29 is 13.2 Å². The maximum atomic E-state index is 12.6. The fourth-order valence-electron chi connectivity index (χ4n) is 2.18. The van der Waals surface area contributed by atoms with Crippen molar-refractivity contribution in [3.8, 4) is 0 Å². The van der Waals surface area contributed by atoms with Crippen LogP contribution < -0.4 is 5.32 Å². The quantitative estimate of drug-likeness (QED) is 0.711.